The molecule has 12 heavy (non-hydrogen) atoms. The fourth-order valence-corrected chi connectivity index (χ4v) is 7.30. The summed E-state index contributed by atoms with van der Waals surface area (Å²) in [5.41, 5.74) is 0. The highest BCUT2D eigenvalue weighted by Gasteiger charge is 2.31. The first-order valence-electron chi connectivity index (χ1n) is 2.08. The van der Waals surface area contributed by atoms with Gasteiger partial charge in [-0.2, -0.15) is 8.78 Å². The Morgan fingerprint density at radius 2 is 1.25 bits per heavy atom. The van der Waals surface area contributed by atoms with Crippen LogP contribution in [0.15, 0.2) is 0 Å². The quantitative estimate of drug-likeness (QED) is 0.596. The van der Waals surface area contributed by atoms with Crippen LogP contribution in [0.3, 0.4) is 0 Å². The predicted molar refractivity (Wildman–Crippen MR) is 56.4 cm³/mol. The second kappa shape index (κ2) is 5.09. The number of hydrogen-bond donors (Lipinski definition) is 1. The normalized spacial score (nSPS) is 13.9. The highest BCUT2D eigenvalue weighted by molar-refractivity contribution is 9.03. The third-order valence-corrected chi connectivity index (χ3v) is 6.56. The summed E-state index contributed by atoms with van der Waals surface area (Å²) in [6, 6.07) is 0. The van der Waals surface area contributed by atoms with Crippen LogP contribution in [0.2, 0.25) is 0 Å². The van der Waals surface area contributed by atoms with E-state index in [1.165, 1.54) is 0 Å². The number of hydrogen-bond acceptors (Lipinski definition) is 3. The van der Waals surface area contributed by atoms with Crippen molar-refractivity contribution in [2.24, 2.45) is 0 Å². The molecule has 0 radical (unpaired) electrons. The van der Waals surface area contributed by atoms with Crippen molar-refractivity contribution in [3.8, 4) is 0 Å². The molecule has 0 aromatic heterocycles. The van der Waals surface area contributed by atoms with Gasteiger partial charge in [-0.1, -0.05) is 46.4 Å². The average Bonchev–Trinajstić information content (AvgIpc) is 1.49. The Labute approximate surface area is 97.5 Å². The molecule has 0 fully saturated rings. The van der Waals surface area contributed by atoms with E-state index in [-0.39, 0.29) is 21.6 Å². The van der Waals surface area contributed by atoms with Crippen molar-refractivity contribution in [3.63, 3.8) is 0 Å². The SMILES string of the molecule is N=S(SC(F)(Cl)Cl)SC(F)(Cl)Cl. The largest absolute Gasteiger partial charge is 0.316 e. The Kier molecular flexibility index (Phi) is 5.89. The maximum atomic E-state index is 12.4. The van der Waals surface area contributed by atoms with Gasteiger partial charge in [0.25, 0.3) is 0 Å². The molecular weight excluding hydrogens is 314 g/mol. The Morgan fingerprint density at radius 1 is 1.00 bits per heavy atom. The molecule has 0 rings (SSSR count). The second-order valence-electron chi connectivity index (χ2n) is 1.29. The summed E-state index contributed by atoms with van der Waals surface area (Å²) in [5, 5.41) is 0. The number of alkyl halides is 6. The lowest BCUT2D eigenvalue weighted by molar-refractivity contribution is 0.518. The van der Waals surface area contributed by atoms with Crippen molar-refractivity contribution < 1.29 is 8.78 Å². The monoisotopic (exact) mass is 313 g/mol. The fourth-order valence-electron chi connectivity index (χ4n) is 0.189. The van der Waals surface area contributed by atoms with Gasteiger partial charge < -0.3 is 0 Å². The summed E-state index contributed by atoms with van der Waals surface area (Å²) in [5.74, 6) is 0. The van der Waals surface area contributed by atoms with Crippen molar-refractivity contribution in [1.82, 2.24) is 0 Å². The number of rotatable bonds is 4. The molecule has 0 unspecified atom stereocenters. The van der Waals surface area contributed by atoms with Gasteiger partial charge in [-0.15, -0.1) is 0 Å². The van der Waals surface area contributed by atoms with Crippen LogP contribution in [0.5, 0.6) is 0 Å². The molecule has 74 valence electrons. The smallest absolute Gasteiger partial charge is 0.259 e. The van der Waals surface area contributed by atoms with Crippen LogP contribution in [0.4, 0.5) is 8.78 Å². The summed E-state index contributed by atoms with van der Waals surface area (Å²) in [7, 11) is -1.21. The molecule has 1 nitrogen and oxygen atoms in total. The highest BCUT2D eigenvalue weighted by atomic mass is 35.5. The van der Waals surface area contributed by atoms with Gasteiger partial charge in [-0.05, 0) is 0 Å². The van der Waals surface area contributed by atoms with Gasteiger partial charge in [0, 0.05) is 30.3 Å². The Hall–Kier alpha value is 1.87. The first kappa shape index (κ1) is 13.9. The van der Waals surface area contributed by atoms with Gasteiger partial charge in [0.2, 0.25) is 0 Å². The van der Waals surface area contributed by atoms with E-state index in [0.717, 1.165) is 0 Å². The van der Waals surface area contributed by atoms with Crippen LogP contribution in [0, 0.1) is 4.78 Å². The van der Waals surface area contributed by atoms with Gasteiger partial charge >= 0.3 is 7.84 Å². The van der Waals surface area contributed by atoms with Crippen LogP contribution >= 0.6 is 68.0 Å². The summed E-state index contributed by atoms with van der Waals surface area (Å²) in [6.45, 7) is 0. The maximum absolute atomic E-state index is 12.4. The maximum Gasteiger partial charge on any atom is 0.316 e. The molecule has 0 saturated carbocycles. The summed E-state index contributed by atoms with van der Waals surface area (Å²) in [4.78, 5) is 0. The zero-order valence-corrected chi connectivity index (χ0v) is 10.5. The molecular formula is C2HCl4F2NS3. The van der Waals surface area contributed by atoms with Gasteiger partial charge in [0.1, 0.15) is 0 Å². The molecule has 0 aliphatic carbocycles. The Bertz CT molecular complexity index is 158. The standard InChI is InChI=1S/C2HCl4F2NS3/c3-1(4,7)10-12(9)11-2(5,6)8/h9H. The van der Waals surface area contributed by atoms with Crippen molar-refractivity contribution >= 4 is 76.7 Å². The molecule has 0 aromatic carbocycles. The van der Waals surface area contributed by atoms with Crippen LogP contribution in [0.25, 0.3) is 0 Å². The minimum Gasteiger partial charge on any atom is -0.259 e. The zero-order chi connectivity index (χ0) is 9.99. The Morgan fingerprint density at radius 3 is 1.42 bits per heavy atom. The lowest BCUT2D eigenvalue weighted by Crippen LogP contribution is -2.01. The summed E-state index contributed by atoms with van der Waals surface area (Å²) in [6.07, 6.45) is 0. The van der Waals surface area contributed by atoms with Crippen LogP contribution in [-0.2, 0) is 8.76 Å². The van der Waals surface area contributed by atoms with Gasteiger partial charge in [0.15, 0.2) is 0 Å². The van der Waals surface area contributed by atoms with Gasteiger partial charge in [0.05, 0.1) is 0 Å². The topological polar surface area (TPSA) is 23.9 Å². The molecule has 0 aliphatic rings. The van der Waals surface area contributed by atoms with E-state index in [1.54, 1.807) is 0 Å². The van der Waals surface area contributed by atoms with Gasteiger partial charge in [-0.25, -0.2) is 0 Å². The van der Waals surface area contributed by atoms with E-state index in [4.69, 9.17) is 51.2 Å². The van der Waals surface area contributed by atoms with Crippen LogP contribution in [-0.4, -0.2) is 7.84 Å². The zero-order valence-electron chi connectivity index (χ0n) is 4.99. The molecule has 10 heteroatoms. The lowest BCUT2D eigenvalue weighted by atomic mass is 11.7. The number of nitrogens with one attached hydrogen (secondary N) is 1. The molecule has 0 atom stereocenters. The number of halogens is 6. The molecule has 0 heterocycles. The third-order valence-electron chi connectivity index (χ3n) is 0.340. The minimum atomic E-state index is -2.63. The molecule has 0 saturated heterocycles. The second-order valence-corrected chi connectivity index (χ2v) is 10.2. The van der Waals surface area contributed by atoms with E-state index in [0.29, 0.717) is 0 Å². The molecule has 0 aliphatic heterocycles. The van der Waals surface area contributed by atoms with Crippen molar-refractivity contribution in [2.45, 2.75) is 7.84 Å². The van der Waals surface area contributed by atoms with Crippen molar-refractivity contribution in [1.29, 1.82) is 4.78 Å². The molecule has 0 aromatic rings. The minimum absolute atomic E-state index is 0.196. The van der Waals surface area contributed by atoms with E-state index in [1.807, 2.05) is 0 Å². The van der Waals surface area contributed by atoms with Crippen LogP contribution in [0.1, 0.15) is 0 Å². The first-order valence-corrected chi connectivity index (χ1v) is 7.48. The summed E-state index contributed by atoms with van der Waals surface area (Å²) >= 11 is 19.5. The summed E-state index contributed by atoms with van der Waals surface area (Å²) < 4.78 is 26.5. The van der Waals surface area contributed by atoms with E-state index in [9.17, 15) is 8.78 Å². The van der Waals surface area contributed by atoms with Gasteiger partial charge in [-0.3, -0.25) is 4.78 Å². The predicted octanol–water partition coefficient (Wildman–Crippen LogP) is 4.78. The molecule has 0 bridgehead atoms. The van der Waals surface area contributed by atoms with Crippen molar-refractivity contribution in [3.05, 3.63) is 0 Å². The lowest BCUT2D eigenvalue weighted by Gasteiger charge is -2.12. The molecule has 0 spiro atoms. The third kappa shape index (κ3) is 9.95. The highest BCUT2D eigenvalue weighted by Crippen LogP contribution is 2.48. The fraction of sp³-hybridized carbons (Fsp3) is 1.00. The van der Waals surface area contributed by atoms with Crippen molar-refractivity contribution in [2.75, 3.05) is 0 Å². The van der Waals surface area contributed by atoms with E-state index < -0.39 is 16.6 Å². The Balaban J connectivity index is 3.92. The van der Waals surface area contributed by atoms with E-state index >= 15 is 0 Å². The van der Waals surface area contributed by atoms with Crippen LogP contribution < -0.4 is 0 Å². The average molecular weight is 315 g/mol. The molecule has 1 N–H and O–H groups in total. The first-order chi connectivity index (χ1) is 5.10. The molecule has 0 amide bonds. The van der Waals surface area contributed by atoms with E-state index in [2.05, 4.69) is 0 Å².